The number of nitrogens with zero attached hydrogens (tertiary/aromatic N) is 1. The molecule has 0 bridgehead atoms. The van der Waals surface area contributed by atoms with Gasteiger partial charge in [-0.2, -0.15) is 0 Å². The van der Waals surface area contributed by atoms with E-state index in [0.29, 0.717) is 16.9 Å². The lowest BCUT2D eigenvalue weighted by Gasteiger charge is -2.07. The number of nitro benzene ring substituents is 1. The minimum atomic E-state index is -0.690. The lowest BCUT2D eigenvalue weighted by atomic mass is 10.1. The van der Waals surface area contributed by atoms with Crippen LogP contribution in [0.2, 0.25) is 5.02 Å². The van der Waals surface area contributed by atoms with Gasteiger partial charge in [0.15, 0.2) is 5.75 Å². The number of carbonyl (C=O) groups is 1. The number of nitrogens with two attached hydrogens (primary N) is 2. The summed E-state index contributed by atoms with van der Waals surface area (Å²) in [4.78, 5) is 22.0. The third-order valence-corrected chi connectivity index (χ3v) is 3.33. The van der Waals surface area contributed by atoms with E-state index in [0.717, 1.165) is 18.2 Å². The number of aromatic hydroxyl groups is 1. The molecule has 0 aliphatic heterocycles. The topological polar surface area (TPSA) is 145 Å². The minimum Gasteiger partial charge on any atom is -0.504 e. The zero-order valence-corrected chi connectivity index (χ0v) is 12.9. The van der Waals surface area contributed by atoms with E-state index in [9.17, 15) is 20.0 Å². The van der Waals surface area contributed by atoms with Crippen molar-refractivity contribution in [2.75, 3.05) is 16.8 Å². The van der Waals surface area contributed by atoms with E-state index in [4.69, 9.17) is 23.1 Å². The van der Waals surface area contributed by atoms with Crippen LogP contribution in [0.4, 0.5) is 22.7 Å². The molecule has 2 rings (SSSR count). The maximum atomic E-state index is 11.9. The van der Waals surface area contributed by atoms with E-state index in [1.54, 1.807) is 18.2 Å². The first-order chi connectivity index (χ1) is 11.3. The number of rotatable bonds is 4. The van der Waals surface area contributed by atoms with Crippen LogP contribution in [0.25, 0.3) is 6.08 Å². The van der Waals surface area contributed by atoms with Crippen molar-refractivity contribution in [1.82, 2.24) is 0 Å². The molecule has 6 N–H and O–H groups in total. The van der Waals surface area contributed by atoms with Crippen LogP contribution in [-0.2, 0) is 4.79 Å². The summed E-state index contributed by atoms with van der Waals surface area (Å²) in [7, 11) is 0. The minimum absolute atomic E-state index is 0.176. The van der Waals surface area contributed by atoms with Crippen LogP contribution in [0.5, 0.6) is 5.75 Å². The average Bonchev–Trinajstić information content (AvgIpc) is 2.52. The number of halogens is 1. The number of phenolic OH excluding ortho intramolecular Hbond substituents is 1. The van der Waals surface area contributed by atoms with Crippen molar-refractivity contribution in [3.8, 4) is 5.75 Å². The average molecular weight is 349 g/mol. The van der Waals surface area contributed by atoms with Gasteiger partial charge in [-0.3, -0.25) is 14.9 Å². The van der Waals surface area contributed by atoms with Gasteiger partial charge in [-0.05, 0) is 29.8 Å². The second-order valence-corrected chi connectivity index (χ2v) is 5.20. The van der Waals surface area contributed by atoms with Crippen molar-refractivity contribution in [2.45, 2.75) is 0 Å². The quantitative estimate of drug-likeness (QED) is 0.220. The molecule has 0 heterocycles. The number of hydrogen-bond donors (Lipinski definition) is 4. The number of carbonyl (C=O) groups excluding carboxylic acids is 1. The Balaban J connectivity index is 2.22. The summed E-state index contributed by atoms with van der Waals surface area (Å²) in [6.07, 6.45) is 2.58. The zero-order valence-electron chi connectivity index (χ0n) is 12.2. The highest BCUT2D eigenvalue weighted by atomic mass is 35.5. The van der Waals surface area contributed by atoms with Crippen molar-refractivity contribution in [3.63, 3.8) is 0 Å². The summed E-state index contributed by atoms with van der Waals surface area (Å²) in [5.74, 6) is -1.10. The number of anilines is 3. The molecule has 8 nitrogen and oxygen atoms in total. The molecule has 124 valence electrons. The van der Waals surface area contributed by atoms with Gasteiger partial charge in [0, 0.05) is 29.6 Å². The Morgan fingerprint density at radius 3 is 2.67 bits per heavy atom. The molecule has 0 spiro atoms. The van der Waals surface area contributed by atoms with E-state index in [1.807, 2.05) is 0 Å². The number of nitrogen functional groups attached to an aromatic ring is 2. The number of nitro groups is 1. The lowest BCUT2D eigenvalue weighted by molar-refractivity contribution is -0.384. The zero-order chi connectivity index (χ0) is 17.9. The summed E-state index contributed by atoms with van der Waals surface area (Å²) < 4.78 is 0. The molecule has 9 heteroatoms. The largest absolute Gasteiger partial charge is 0.504 e. The van der Waals surface area contributed by atoms with Gasteiger partial charge >= 0.3 is 0 Å². The summed E-state index contributed by atoms with van der Waals surface area (Å²) in [5, 5.41) is 22.7. The molecule has 24 heavy (non-hydrogen) atoms. The molecule has 0 fully saturated rings. The molecular formula is C15H13ClN4O4. The molecule has 0 unspecified atom stereocenters. The second kappa shape index (κ2) is 6.88. The summed E-state index contributed by atoms with van der Waals surface area (Å²) in [5.41, 5.74) is 12.3. The molecule has 0 aliphatic rings. The first-order valence-electron chi connectivity index (χ1n) is 6.59. The van der Waals surface area contributed by atoms with Crippen LogP contribution in [0.15, 0.2) is 36.4 Å². The second-order valence-electron chi connectivity index (χ2n) is 4.79. The number of non-ortho nitro benzene ring substituents is 1. The molecule has 0 atom stereocenters. The maximum Gasteiger partial charge on any atom is 0.273 e. The SMILES string of the molecule is Nc1ccc(N)c(C=CC(=O)Nc2cc([N+](=O)[O-])cc(Cl)c2O)c1. The van der Waals surface area contributed by atoms with Gasteiger partial charge in [-0.1, -0.05) is 11.6 Å². The fourth-order valence-corrected chi connectivity index (χ4v) is 2.08. The van der Waals surface area contributed by atoms with Gasteiger partial charge < -0.3 is 21.9 Å². The maximum absolute atomic E-state index is 11.9. The highest BCUT2D eigenvalue weighted by Crippen LogP contribution is 2.36. The normalized spacial score (nSPS) is 10.7. The Hall–Kier alpha value is -3.26. The highest BCUT2D eigenvalue weighted by Gasteiger charge is 2.16. The van der Waals surface area contributed by atoms with Crippen molar-refractivity contribution in [1.29, 1.82) is 0 Å². The fourth-order valence-electron chi connectivity index (χ4n) is 1.86. The summed E-state index contributed by atoms with van der Waals surface area (Å²) in [6.45, 7) is 0. The van der Waals surface area contributed by atoms with E-state index < -0.39 is 16.6 Å². The van der Waals surface area contributed by atoms with Gasteiger partial charge in [0.2, 0.25) is 5.91 Å². The number of nitrogens with one attached hydrogen (secondary N) is 1. The Labute approximate surface area is 141 Å². The van der Waals surface area contributed by atoms with Gasteiger partial charge in [-0.25, -0.2) is 0 Å². The van der Waals surface area contributed by atoms with E-state index >= 15 is 0 Å². The van der Waals surface area contributed by atoms with Crippen molar-refractivity contribution >= 4 is 46.3 Å². The Morgan fingerprint density at radius 1 is 1.29 bits per heavy atom. The Bertz CT molecular complexity index is 852. The van der Waals surface area contributed by atoms with Crippen LogP contribution in [-0.4, -0.2) is 15.9 Å². The van der Waals surface area contributed by atoms with Crippen LogP contribution in [0.3, 0.4) is 0 Å². The number of benzene rings is 2. The Morgan fingerprint density at radius 2 is 2.00 bits per heavy atom. The number of amides is 1. The van der Waals surface area contributed by atoms with E-state index in [-0.39, 0.29) is 16.4 Å². The standard InChI is InChI=1S/C15H13ClN4O4/c16-11-6-10(20(23)24)7-13(15(11)22)19-14(21)4-1-8-5-9(17)2-3-12(8)18/h1-7,22H,17-18H2,(H,19,21). The molecule has 0 radical (unpaired) electrons. The number of phenols is 1. The number of hydrogen-bond acceptors (Lipinski definition) is 6. The van der Waals surface area contributed by atoms with Crippen molar-refractivity contribution in [3.05, 3.63) is 57.1 Å². The Kier molecular flexibility index (Phi) is 4.90. The summed E-state index contributed by atoms with van der Waals surface area (Å²) in [6, 6.07) is 6.79. The fraction of sp³-hybridized carbons (Fsp3) is 0. The predicted octanol–water partition coefficient (Wildman–Crippen LogP) is 2.77. The molecule has 2 aromatic carbocycles. The first-order valence-corrected chi connectivity index (χ1v) is 6.96. The third-order valence-electron chi connectivity index (χ3n) is 3.04. The highest BCUT2D eigenvalue weighted by molar-refractivity contribution is 6.33. The van der Waals surface area contributed by atoms with Crippen LogP contribution in [0.1, 0.15) is 5.56 Å². The van der Waals surface area contributed by atoms with Crippen molar-refractivity contribution < 1.29 is 14.8 Å². The van der Waals surface area contributed by atoms with Gasteiger partial charge in [-0.15, -0.1) is 0 Å². The molecule has 0 saturated carbocycles. The van der Waals surface area contributed by atoms with Gasteiger partial charge in [0.25, 0.3) is 5.69 Å². The first kappa shape index (κ1) is 17.1. The van der Waals surface area contributed by atoms with Crippen molar-refractivity contribution in [2.24, 2.45) is 0 Å². The van der Waals surface area contributed by atoms with Gasteiger partial charge in [0.05, 0.1) is 15.6 Å². The molecule has 0 saturated heterocycles. The van der Waals surface area contributed by atoms with Crippen LogP contribution >= 0.6 is 11.6 Å². The smallest absolute Gasteiger partial charge is 0.273 e. The molecule has 2 aromatic rings. The van der Waals surface area contributed by atoms with Gasteiger partial charge in [0.1, 0.15) is 0 Å². The molecular weight excluding hydrogens is 336 g/mol. The van der Waals surface area contributed by atoms with Crippen LogP contribution in [0, 0.1) is 10.1 Å². The lowest BCUT2D eigenvalue weighted by Crippen LogP contribution is -2.08. The third kappa shape index (κ3) is 3.93. The monoisotopic (exact) mass is 348 g/mol. The van der Waals surface area contributed by atoms with Crippen LogP contribution < -0.4 is 16.8 Å². The van der Waals surface area contributed by atoms with E-state index in [1.165, 1.54) is 6.08 Å². The molecule has 0 aliphatic carbocycles. The summed E-state index contributed by atoms with van der Waals surface area (Å²) >= 11 is 5.70. The molecule has 1 amide bonds. The van der Waals surface area contributed by atoms with E-state index in [2.05, 4.69) is 5.32 Å². The predicted molar refractivity (Wildman–Crippen MR) is 92.7 cm³/mol. The molecule has 0 aromatic heterocycles.